The molecule has 2 rings (SSSR count). The summed E-state index contributed by atoms with van der Waals surface area (Å²) in [4.78, 5) is 66.0. The highest BCUT2D eigenvalue weighted by Crippen LogP contribution is 2.14. The number of halogens is 2. The number of Topliss-reactive ketones (excluding diaryl/α,β-unsaturated/α-hetero) is 1. The van der Waals surface area contributed by atoms with Crippen LogP contribution in [-0.4, -0.2) is 89.5 Å². The Morgan fingerprint density at radius 1 is 0.833 bits per heavy atom. The van der Waals surface area contributed by atoms with Crippen molar-refractivity contribution >= 4 is 29.4 Å². The van der Waals surface area contributed by atoms with E-state index in [-0.39, 0.29) is 54.2 Å². The second-order valence-electron chi connectivity index (χ2n) is 14.1. The maximum Gasteiger partial charge on any atom is 0.251 e. The van der Waals surface area contributed by atoms with Gasteiger partial charge >= 0.3 is 0 Å². The molecule has 1 aliphatic heterocycles. The lowest BCUT2D eigenvalue weighted by Crippen LogP contribution is -2.56. The average Bonchev–Trinajstić information content (AvgIpc) is 3.34. The first kappa shape index (κ1) is 45.7. The van der Waals surface area contributed by atoms with Crippen LogP contribution >= 0.6 is 0 Å². The van der Waals surface area contributed by atoms with E-state index in [2.05, 4.69) is 31.9 Å². The van der Waals surface area contributed by atoms with E-state index in [0.29, 0.717) is 25.8 Å². The number of hydrogen-bond donors (Lipinski definition) is 7. The quantitative estimate of drug-likeness (QED) is 0.0883. The Balaban J connectivity index is 2.20. The van der Waals surface area contributed by atoms with Crippen molar-refractivity contribution in [3.63, 3.8) is 0 Å². The summed E-state index contributed by atoms with van der Waals surface area (Å²) in [5.41, 5.74) is 0.528. The number of likely N-dealkylation sites (N-methyl/N-ethyl adjacent to an activating group) is 1. The minimum Gasteiger partial charge on any atom is -0.355 e. The topological polar surface area (TPSA) is 181 Å². The third kappa shape index (κ3) is 15.9. The monoisotopic (exact) mass is 759 g/mol. The van der Waals surface area contributed by atoms with Gasteiger partial charge in [0, 0.05) is 43.2 Å². The van der Waals surface area contributed by atoms with E-state index in [1.54, 1.807) is 13.8 Å². The molecular weight excluding hydrogens is 700 g/mol. The lowest BCUT2D eigenvalue weighted by molar-refractivity contribution is -0.130. The molecule has 1 heterocycles. The Labute approximate surface area is 317 Å². The molecule has 0 saturated carbocycles. The van der Waals surface area contributed by atoms with Crippen LogP contribution in [0.2, 0.25) is 0 Å². The fraction of sp³-hybridized carbons (Fsp3) is 0.564. The summed E-state index contributed by atoms with van der Waals surface area (Å²) in [7, 11) is 0. The molecule has 0 spiro atoms. The Bertz CT molecular complexity index is 1500. The summed E-state index contributed by atoms with van der Waals surface area (Å²) in [6.45, 7) is 13.1. The van der Waals surface area contributed by atoms with Crippen molar-refractivity contribution in [3.05, 3.63) is 71.6 Å². The molecule has 1 aromatic carbocycles. The van der Waals surface area contributed by atoms with E-state index < -0.39 is 59.6 Å². The highest BCUT2D eigenvalue weighted by Gasteiger charge is 2.29. The predicted molar refractivity (Wildman–Crippen MR) is 203 cm³/mol. The molecule has 300 valence electrons. The first-order chi connectivity index (χ1) is 25.6. The number of nitrogens with zero attached hydrogens (tertiary/aromatic N) is 1. The van der Waals surface area contributed by atoms with Gasteiger partial charge in [-0.1, -0.05) is 47.5 Å². The SMILES string of the molecule is CCC[C@H](NCC(=O)C(C[C@@H](C)CC)NC(=O)C1=CC=CN(O)C=C1)C(=O)N[C@H](CN[C@@H](C)C(=O)N[C@H](C(=O)NCC)C(C)C)Cc1cc(F)cc(F)c1. The van der Waals surface area contributed by atoms with Crippen molar-refractivity contribution in [1.29, 1.82) is 0 Å². The number of nitrogens with one attached hydrogen (secondary N) is 6. The van der Waals surface area contributed by atoms with Gasteiger partial charge in [0.05, 0.1) is 24.7 Å². The molecule has 0 aliphatic carbocycles. The second-order valence-corrected chi connectivity index (χ2v) is 14.1. The molecule has 1 aliphatic rings. The maximum absolute atomic E-state index is 14.1. The van der Waals surface area contributed by atoms with E-state index in [9.17, 15) is 38.0 Å². The minimum absolute atomic E-state index is 0.0175. The van der Waals surface area contributed by atoms with Crippen LogP contribution in [0, 0.1) is 23.5 Å². The van der Waals surface area contributed by atoms with E-state index in [1.165, 1.54) is 42.8 Å². The molecule has 1 unspecified atom stereocenters. The van der Waals surface area contributed by atoms with Crippen molar-refractivity contribution in [2.24, 2.45) is 11.8 Å². The average molecular weight is 760 g/mol. The van der Waals surface area contributed by atoms with Crippen LogP contribution in [-0.2, 0) is 30.4 Å². The van der Waals surface area contributed by atoms with E-state index in [1.807, 2.05) is 34.6 Å². The van der Waals surface area contributed by atoms with E-state index in [4.69, 9.17) is 0 Å². The van der Waals surface area contributed by atoms with Gasteiger partial charge in [-0.05, 0) is 80.9 Å². The smallest absolute Gasteiger partial charge is 0.251 e. The third-order valence-electron chi connectivity index (χ3n) is 9.04. The zero-order valence-corrected chi connectivity index (χ0v) is 32.5. The zero-order chi connectivity index (χ0) is 40.4. The minimum atomic E-state index is -0.854. The lowest BCUT2D eigenvalue weighted by atomic mass is 9.96. The first-order valence-corrected chi connectivity index (χ1v) is 18.8. The number of ketones is 1. The van der Waals surface area contributed by atoms with E-state index >= 15 is 0 Å². The molecule has 6 atom stereocenters. The van der Waals surface area contributed by atoms with Crippen molar-refractivity contribution in [3.8, 4) is 0 Å². The van der Waals surface area contributed by atoms with Crippen LogP contribution < -0.4 is 31.9 Å². The lowest BCUT2D eigenvalue weighted by Gasteiger charge is -2.27. The number of hydroxylamine groups is 2. The molecule has 1 aromatic rings. The van der Waals surface area contributed by atoms with Crippen molar-refractivity contribution in [2.45, 2.75) is 111 Å². The van der Waals surface area contributed by atoms with Gasteiger partial charge < -0.3 is 26.6 Å². The van der Waals surface area contributed by atoms with Crippen LogP contribution in [0.4, 0.5) is 8.78 Å². The van der Waals surface area contributed by atoms with Crippen LogP contribution in [0.15, 0.2) is 54.4 Å². The number of carbonyl (C=O) groups is 5. The largest absolute Gasteiger partial charge is 0.355 e. The number of benzene rings is 1. The van der Waals surface area contributed by atoms with Gasteiger partial charge in [0.25, 0.3) is 5.91 Å². The molecule has 0 aromatic heterocycles. The molecule has 4 amide bonds. The molecule has 0 bridgehead atoms. The number of carbonyl (C=O) groups excluding carboxylic acids is 5. The molecule has 0 saturated heterocycles. The molecule has 15 heteroatoms. The highest BCUT2D eigenvalue weighted by atomic mass is 19.1. The first-order valence-electron chi connectivity index (χ1n) is 18.8. The maximum atomic E-state index is 14.1. The summed E-state index contributed by atoms with van der Waals surface area (Å²) >= 11 is 0. The second kappa shape index (κ2) is 23.3. The number of amides is 4. The van der Waals surface area contributed by atoms with Crippen LogP contribution in [0.3, 0.4) is 0 Å². The fourth-order valence-electron chi connectivity index (χ4n) is 5.69. The van der Waals surface area contributed by atoms with Gasteiger partial charge in [0.15, 0.2) is 5.78 Å². The van der Waals surface area contributed by atoms with Gasteiger partial charge in [-0.15, -0.1) is 0 Å². The number of allylic oxidation sites excluding steroid dienone is 2. The fourth-order valence-corrected chi connectivity index (χ4v) is 5.69. The van der Waals surface area contributed by atoms with Crippen molar-refractivity contribution < 1.29 is 38.0 Å². The molecule has 7 N–H and O–H groups in total. The molecule has 0 fully saturated rings. The zero-order valence-electron chi connectivity index (χ0n) is 32.5. The third-order valence-corrected chi connectivity index (χ3v) is 9.04. The van der Waals surface area contributed by atoms with Gasteiger partial charge in [-0.3, -0.25) is 34.5 Å². The van der Waals surface area contributed by atoms with Gasteiger partial charge in [-0.2, -0.15) is 0 Å². The Morgan fingerprint density at radius 3 is 2.13 bits per heavy atom. The molecule has 54 heavy (non-hydrogen) atoms. The standard InChI is InChI=1S/C39H59F2N7O6/c1-8-12-32(44-23-34(49)33(17-25(6)9-2)46-37(51)28-13-11-15-48(54)16-14-28)38(52)45-31(20-27-18-29(40)21-30(41)19-27)22-43-26(7)36(50)47-35(24(4)5)39(53)42-10-3/h11,13-16,18-19,21,24-26,31-33,35,43-44,54H,8-10,12,17,20,22-23H2,1-7H3,(H,42,53)(H,45,52)(H,46,51)(H,47,50)/t25-,26-,31-,32-,33?,35-/m0/s1. The Morgan fingerprint density at radius 2 is 1.52 bits per heavy atom. The Hall–Kier alpha value is -4.47. The summed E-state index contributed by atoms with van der Waals surface area (Å²) in [5, 5.41) is 27.8. The van der Waals surface area contributed by atoms with E-state index in [0.717, 1.165) is 17.6 Å². The van der Waals surface area contributed by atoms with Gasteiger partial charge in [0.2, 0.25) is 17.7 Å². The molecule has 0 radical (unpaired) electrons. The summed E-state index contributed by atoms with van der Waals surface area (Å²) in [5.74, 6) is -3.65. The summed E-state index contributed by atoms with van der Waals surface area (Å²) in [6.07, 6.45) is 9.19. The number of rotatable bonds is 23. The summed E-state index contributed by atoms with van der Waals surface area (Å²) in [6, 6.07) is -0.896. The normalized spacial score (nSPS) is 16.0. The van der Waals surface area contributed by atoms with Gasteiger partial charge in [0.1, 0.15) is 17.7 Å². The van der Waals surface area contributed by atoms with Crippen LogP contribution in [0.1, 0.15) is 79.7 Å². The highest BCUT2D eigenvalue weighted by molar-refractivity contribution is 6.00. The predicted octanol–water partition coefficient (Wildman–Crippen LogP) is 3.15. The number of hydrogen-bond acceptors (Lipinski definition) is 9. The van der Waals surface area contributed by atoms with Gasteiger partial charge in [-0.25, -0.2) is 13.8 Å². The molecule has 13 nitrogen and oxygen atoms in total. The van der Waals surface area contributed by atoms with Crippen molar-refractivity contribution in [1.82, 2.24) is 37.0 Å². The van der Waals surface area contributed by atoms with Crippen LogP contribution in [0.25, 0.3) is 0 Å². The van der Waals surface area contributed by atoms with Crippen molar-refractivity contribution in [2.75, 3.05) is 19.6 Å². The Kier molecular flexibility index (Phi) is 19.8. The van der Waals surface area contributed by atoms with Crippen LogP contribution in [0.5, 0.6) is 0 Å². The molecular formula is C39H59F2N7O6. The summed E-state index contributed by atoms with van der Waals surface area (Å²) < 4.78 is 28.3.